The highest BCUT2D eigenvalue weighted by Gasteiger charge is 2.45. The highest BCUT2D eigenvalue weighted by molar-refractivity contribution is 5.96. The van der Waals surface area contributed by atoms with Crippen LogP contribution in [0.3, 0.4) is 0 Å². The van der Waals surface area contributed by atoms with Gasteiger partial charge < -0.3 is 19.9 Å². The van der Waals surface area contributed by atoms with Gasteiger partial charge in [0.1, 0.15) is 18.1 Å². The molecule has 232 valence electrons. The fourth-order valence-electron chi connectivity index (χ4n) is 7.22. The number of fused-ring (bicyclic) bond motifs is 1. The summed E-state index contributed by atoms with van der Waals surface area (Å²) in [5.74, 6) is -0.536. The van der Waals surface area contributed by atoms with Crippen molar-refractivity contribution in [2.24, 2.45) is 5.92 Å². The van der Waals surface area contributed by atoms with Crippen LogP contribution in [0.2, 0.25) is 0 Å². The molecule has 2 unspecified atom stereocenters. The zero-order chi connectivity index (χ0) is 30.5. The summed E-state index contributed by atoms with van der Waals surface area (Å²) >= 11 is 0. The smallest absolute Gasteiger partial charge is 0.251 e. The number of nitrogens with one attached hydrogen (secondary N) is 2. The lowest BCUT2D eigenvalue weighted by Gasteiger charge is -2.43. The van der Waals surface area contributed by atoms with E-state index in [1.165, 1.54) is 86.3 Å². The number of carbonyl (C=O) groups is 2. The molecule has 0 bridgehead atoms. The predicted molar refractivity (Wildman–Crippen MR) is 171 cm³/mol. The first-order chi connectivity index (χ1) is 21.4. The number of carbonyl (C=O) groups excluding carboxylic acids is 2. The molecule has 2 fully saturated rings. The van der Waals surface area contributed by atoms with Gasteiger partial charge in [-0.25, -0.2) is 4.39 Å². The summed E-state index contributed by atoms with van der Waals surface area (Å²) in [6, 6.07) is 18.4. The van der Waals surface area contributed by atoms with Crippen molar-refractivity contribution in [3.05, 3.63) is 94.3 Å². The predicted octanol–water partition coefficient (Wildman–Crippen LogP) is 7.12. The van der Waals surface area contributed by atoms with Crippen LogP contribution in [0, 0.1) is 11.7 Å². The van der Waals surface area contributed by atoms with Crippen LogP contribution in [0.15, 0.2) is 60.7 Å². The van der Waals surface area contributed by atoms with Crippen LogP contribution < -0.4 is 15.4 Å². The molecule has 3 aliphatic rings. The van der Waals surface area contributed by atoms with Gasteiger partial charge in [0, 0.05) is 35.7 Å². The van der Waals surface area contributed by atoms with Gasteiger partial charge in [-0.05, 0) is 91.1 Å². The fraction of sp³-hybridized carbons (Fsp3) is 0.459. The van der Waals surface area contributed by atoms with Crippen LogP contribution in [0.5, 0.6) is 5.75 Å². The highest BCUT2D eigenvalue weighted by atomic mass is 19.1. The lowest BCUT2D eigenvalue weighted by Crippen LogP contribution is -2.52. The molecule has 6 rings (SSSR count). The van der Waals surface area contributed by atoms with E-state index in [-0.39, 0.29) is 29.2 Å². The molecule has 3 aromatic rings. The lowest BCUT2D eigenvalue weighted by molar-refractivity contribution is -0.943. The minimum atomic E-state index is -0.441. The van der Waals surface area contributed by atoms with E-state index < -0.39 is 5.82 Å². The molecule has 1 saturated heterocycles. The monoisotopic (exact) mass is 598 g/mol. The average Bonchev–Trinajstić information content (AvgIpc) is 3.84. The molecule has 2 heterocycles. The van der Waals surface area contributed by atoms with Crippen molar-refractivity contribution in [1.29, 1.82) is 0 Å². The Morgan fingerprint density at radius 2 is 1.59 bits per heavy atom. The average molecular weight is 599 g/mol. The summed E-state index contributed by atoms with van der Waals surface area (Å²) in [6.07, 6.45) is 11.2. The number of hydrogen-bond acceptors (Lipinski definition) is 3. The molecule has 2 atom stereocenters. The number of nitrogens with zero attached hydrogens (tertiary/aromatic N) is 1. The third-order valence-electron chi connectivity index (χ3n) is 10.0. The Balaban J connectivity index is 1.02. The molecule has 0 radical (unpaired) electrons. The summed E-state index contributed by atoms with van der Waals surface area (Å²) in [7, 11) is 1.60. The van der Waals surface area contributed by atoms with Gasteiger partial charge in [-0.1, -0.05) is 43.5 Å². The number of ether oxygens (including phenoxy) is 1. The number of halogens is 1. The molecular weight excluding hydrogens is 553 g/mol. The third kappa shape index (κ3) is 7.15. The van der Waals surface area contributed by atoms with E-state index in [9.17, 15) is 9.59 Å². The first-order valence-electron chi connectivity index (χ1n) is 16.4. The molecule has 44 heavy (non-hydrogen) atoms. The standard InChI is InChI=1S/C37H44FN3O3/c1-44-31-14-9-26(10-15-31)24-39-36(42)28-12-16-32(35(38)22-28)33-23-34(33)37(43)40-30-13-11-29-25-41(20-17-27(29)21-30)18-7-5-3-2-4-6-8-19-41/h9-16,21-22,33-34H,2-8,17-20,23-25H2,1H3,(H-,39,40,42,43)/p+1. The largest absolute Gasteiger partial charge is 0.497 e. The van der Waals surface area contributed by atoms with Gasteiger partial charge in [0.15, 0.2) is 0 Å². The maximum absolute atomic E-state index is 15.1. The van der Waals surface area contributed by atoms with E-state index in [2.05, 4.69) is 22.8 Å². The van der Waals surface area contributed by atoms with Crippen LogP contribution in [0.4, 0.5) is 10.1 Å². The number of methoxy groups -OCH3 is 1. The molecular formula is C37H45FN3O3+. The van der Waals surface area contributed by atoms with Crippen molar-refractivity contribution < 1.29 is 23.2 Å². The molecule has 6 nitrogen and oxygen atoms in total. The van der Waals surface area contributed by atoms with Crippen molar-refractivity contribution in [2.75, 3.05) is 32.1 Å². The van der Waals surface area contributed by atoms with Crippen molar-refractivity contribution in [2.45, 2.75) is 76.8 Å². The molecule has 1 aliphatic carbocycles. The Morgan fingerprint density at radius 1 is 0.864 bits per heavy atom. The van der Waals surface area contributed by atoms with Crippen LogP contribution in [0.1, 0.15) is 89.9 Å². The van der Waals surface area contributed by atoms with Crippen molar-refractivity contribution in [1.82, 2.24) is 5.32 Å². The number of rotatable bonds is 7. The molecule has 2 N–H and O–H groups in total. The molecule has 0 aromatic heterocycles. The van der Waals surface area contributed by atoms with Crippen LogP contribution in [-0.2, 0) is 24.3 Å². The van der Waals surface area contributed by atoms with Gasteiger partial charge in [-0.2, -0.15) is 0 Å². The molecule has 2 aliphatic heterocycles. The van der Waals surface area contributed by atoms with Gasteiger partial charge in [-0.3, -0.25) is 9.59 Å². The zero-order valence-corrected chi connectivity index (χ0v) is 25.9. The minimum absolute atomic E-state index is 0.0638. The zero-order valence-electron chi connectivity index (χ0n) is 25.9. The van der Waals surface area contributed by atoms with Crippen molar-refractivity contribution in [3.8, 4) is 5.75 Å². The van der Waals surface area contributed by atoms with E-state index in [4.69, 9.17) is 4.74 Å². The van der Waals surface area contributed by atoms with Crippen molar-refractivity contribution >= 4 is 17.5 Å². The quantitative estimate of drug-likeness (QED) is 0.285. The number of anilines is 1. The molecule has 7 heteroatoms. The van der Waals surface area contributed by atoms with Gasteiger partial charge in [0.25, 0.3) is 5.91 Å². The van der Waals surface area contributed by atoms with Gasteiger partial charge >= 0.3 is 0 Å². The first-order valence-corrected chi connectivity index (χ1v) is 16.4. The van der Waals surface area contributed by atoms with Crippen LogP contribution >= 0.6 is 0 Å². The van der Waals surface area contributed by atoms with Gasteiger partial charge in [0.2, 0.25) is 5.91 Å². The molecule has 3 aromatic carbocycles. The normalized spacial score (nSPS) is 21.1. The summed E-state index contributed by atoms with van der Waals surface area (Å²) in [4.78, 5) is 25.8. The van der Waals surface area contributed by atoms with Crippen LogP contribution in [-0.4, -0.2) is 43.0 Å². The minimum Gasteiger partial charge on any atom is -0.497 e. The Morgan fingerprint density at radius 3 is 2.30 bits per heavy atom. The number of quaternary nitrogens is 1. The summed E-state index contributed by atoms with van der Waals surface area (Å²) in [6.45, 7) is 5.19. The maximum Gasteiger partial charge on any atom is 0.251 e. The second kappa shape index (κ2) is 13.5. The summed E-state index contributed by atoms with van der Waals surface area (Å²) in [5.41, 5.74) is 5.29. The topological polar surface area (TPSA) is 67.4 Å². The number of amides is 2. The second-order valence-corrected chi connectivity index (χ2v) is 13.1. The van der Waals surface area contributed by atoms with E-state index in [0.29, 0.717) is 18.5 Å². The Labute approximate surface area is 260 Å². The van der Waals surface area contributed by atoms with Gasteiger partial charge in [0.05, 0.1) is 26.7 Å². The molecule has 2 amide bonds. The lowest BCUT2D eigenvalue weighted by atomic mass is 9.95. The Kier molecular flexibility index (Phi) is 9.31. The highest BCUT2D eigenvalue weighted by Crippen LogP contribution is 2.49. The maximum atomic E-state index is 15.1. The second-order valence-electron chi connectivity index (χ2n) is 13.1. The van der Waals surface area contributed by atoms with Crippen LogP contribution in [0.25, 0.3) is 0 Å². The van der Waals surface area contributed by atoms with Crippen molar-refractivity contribution in [3.63, 3.8) is 0 Å². The Bertz CT molecular complexity index is 1480. The van der Waals surface area contributed by atoms with Gasteiger partial charge in [-0.15, -0.1) is 0 Å². The number of hydrogen-bond donors (Lipinski definition) is 2. The van der Waals surface area contributed by atoms with E-state index in [0.717, 1.165) is 30.0 Å². The van der Waals surface area contributed by atoms with E-state index >= 15 is 4.39 Å². The van der Waals surface area contributed by atoms with E-state index in [1.54, 1.807) is 19.2 Å². The van der Waals surface area contributed by atoms with E-state index in [1.807, 2.05) is 30.3 Å². The summed E-state index contributed by atoms with van der Waals surface area (Å²) < 4.78 is 21.5. The Hall–Kier alpha value is -3.71. The molecule has 1 spiro atoms. The first kappa shape index (κ1) is 30.3. The number of benzene rings is 3. The fourth-order valence-corrected chi connectivity index (χ4v) is 7.22. The third-order valence-corrected chi connectivity index (χ3v) is 10.0. The SMILES string of the molecule is COc1ccc(CNC(=O)c2ccc(C3CC3C(=O)Nc3ccc4c(c3)CC[N+]3(CCCCCCCCC3)C4)c(F)c2)cc1. The summed E-state index contributed by atoms with van der Waals surface area (Å²) in [5, 5.41) is 5.94. The molecule has 1 saturated carbocycles.